The monoisotopic (exact) mass is 751 g/mol. The third kappa shape index (κ3) is 9.34. The van der Waals surface area contributed by atoms with Crippen molar-refractivity contribution in [2.45, 2.75) is 10.1 Å². The van der Waals surface area contributed by atoms with Gasteiger partial charge in [0.05, 0.1) is 21.3 Å². The number of methoxy groups -OCH3 is 3. The van der Waals surface area contributed by atoms with E-state index in [4.69, 9.17) is 14.2 Å². The standard InChI is InChI=1S/C39H34BrN3O6S/c1-47-33-23-25(24-34(48-2)35(33)49-3)22-32(43-37(44)27-12-8-5-9-13-27)38(45)41-30-18-20-31(21-19-30)50-36(26-10-6-4-7-11-26)39(46)42-29-16-14-28(40)15-17-29/h4-24,36H,1-3H3,(H,41,45)(H,42,46)(H,43,44)/b32-22-. The third-order valence-electron chi connectivity index (χ3n) is 7.35. The summed E-state index contributed by atoms with van der Waals surface area (Å²) < 4.78 is 17.3. The molecule has 3 N–H and O–H groups in total. The highest BCUT2D eigenvalue weighted by Crippen LogP contribution is 2.39. The van der Waals surface area contributed by atoms with E-state index in [9.17, 15) is 14.4 Å². The lowest BCUT2D eigenvalue weighted by Gasteiger charge is -2.18. The Morgan fingerprint density at radius 1 is 0.700 bits per heavy atom. The van der Waals surface area contributed by atoms with Gasteiger partial charge in [-0.05, 0) is 90.0 Å². The largest absolute Gasteiger partial charge is 0.493 e. The van der Waals surface area contributed by atoms with Crippen molar-refractivity contribution in [3.05, 3.63) is 148 Å². The Labute approximate surface area is 303 Å². The fraction of sp³-hybridized carbons (Fsp3) is 0.103. The second kappa shape index (κ2) is 17.2. The molecule has 50 heavy (non-hydrogen) atoms. The number of nitrogens with one attached hydrogen (secondary N) is 3. The van der Waals surface area contributed by atoms with Gasteiger partial charge in [-0.1, -0.05) is 64.5 Å². The van der Waals surface area contributed by atoms with Gasteiger partial charge in [-0.3, -0.25) is 14.4 Å². The summed E-state index contributed by atoms with van der Waals surface area (Å²) in [4.78, 5) is 41.2. The fourth-order valence-electron chi connectivity index (χ4n) is 4.89. The molecule has 3 amide bonds. The Hall–Kier alpha value is -5.52. The first kappa shape index (κ1) is 35.8. The average Bonchev–Trinajstić information content (AvgIpc) is 3.15. The van der Waals surface area contributed by atoms with Crippen LogP contribution in [0.5, 0.6) is 17.2 Å². The zero-order chi connectivity index (χ0) is 35.5. The molecule has 0 radical (unpaired) electrons. The van der Waals surface area contributed by atoms with Gasteiger partial charge in [0.25, 0.3) is 11.8 Å². The molecular weight excluding hydrogens is 718 g/mol. The number of carbonyl (C=O) groups is 3. The van der Waals surface area contributed by atoms with E-state index in [1.54, 1.807) is 54.6 Å². The molecule has 0 aliphatic carbocycles. The number of ether oxygens (including phenoxy) is 3. The van der Waals surface area contributed by atoms with E-state index in [1.807, 2.05) is 66.7 Å². The van der Waals surface area contributed by atoms with Gasteiger partial charge in [-0.25, -0.2) is 0 Å². The highest BCUT2D eigenvalue weighted by molar-refractivity contribution is 9.10. The summed E-state index contributed by atoms with van der Waals surface area (Å²) in [6, 6.07) is 36.0. The van der Waals surface area contributed by atoms with Crippen LogP contribution < -0.4 is 30.2 Å². The predicted octanol–water partition coefficient (Wildman–Crippen LogP) is 8.36. The topological polar surface area (TPSA) is 115 Å². The van der Waals surface area contributed by atoms with Crippen molar-refractivity contribution in [2.24, 2.45) is 0 Å². The van der Waals surface area contributed by atoms with Crippen LogP contribution in [0.1, 0.15) is 26.7 Å². The molecule has 5 rings (SSSR count). The van der Waals surface area contributed by atoms with Crippen molar-refractivity contribution in [1.82, 2.24) is 5.32 Å². The number of halogens is 1. The van der Waals surface area contributed by atoms with E-state index in [2.05, 4.69) is 31.9 Å². The highest BCUT2D eigenvalue weighted by atomic mass is 79.9. The Morgan fingerprint density at radius 3 is 1.84 bits per heavy atom. The summed E-state index contributed by atoms with van der Waals surface area (Å²) in [5, 5.41) is 8.08. The number of anilines is 2. The molecule has 0 aliphatic rings. The molecule has 5 aromatic rings. The summed E-state index contributed by atoms with van der Waals surface area (Å²) in [7, 11) is 4.49. The van der Waals surface area contributed by atoms with Crippen LogP contribution in [0.2, 0.25) is 0 Å². The molecule has 5 aromatic carbocycles. The first-order valence-corrected chi connectivity index (χ1v) is 17.0. The smallest absolute Gasteiger partial charge is 0.272 e. The van der Waals surface area contributed by atoms with E-state index in [1.165, 1.54) is 39.2 Å². The van der Waals surface area contributed by atoms with E-state index in [0.29, 0.717) is 39.8 Å². The van der Waals surface area contributed by atoms with Gasteiger partial charge in [0.2, 0.25) is 11.7 Å². The van der Waals surface area contributed by atoms with E-state index < -0.39 is 17.1 Å². The molecule has 0 saturated heterocycles. The Balaban J connectivity index is 1.38. The summed E-state index contributed by atoms with van der Waals surface area (Å²) in [6.45, 7) is 0. The number of carbonyl (C=O) groups excluding carboxylic acids is 3. The van der Waals surface area contributed by atoms with Crippen LogP contribution >= 0.6 is 27.7 Å². The molecule has 11 heteroatoms. The number of benzene rings is 5. The third-order valence-corrected chi connectivity index (χ3v) is 9.14. The Kier molecular flexibility index (Phi) is 12.3. The second-order valence-electron chi connectivity index (χ2n) is 10.7. The van der Waals surface area contributed by atoms with Crippen LogP contribution in [0, 0.1) is 0 Å². The minimum atomic E-state index is -0.556. The second-order valence-corrected chi connectivity index (χ2v) is 12.8. The normalized spacial score (nSPS) is 11.6. The van der Waals surface area contributed by atoms with Gasteiger partial charge >= 0.3 is 0 Å². The minimum Gasteiger partial charge on any atom is -0.493 e. The highest BCUT2D eigenvalue weighted by Gasteiger charge is 2.23. The molecule has 0 fully saturated rings. The molecule has 1 unspecified atom stereocenters. The number of hydrogen-bond acceptors (Lipinski definition) is 7. The molecule has 1 atom stereocenters. The van der Waals surface area contributed by atoms with Crippen LogP contribution in [0.3, 0.4) is 0 Å². The zero-order valence-electron chi connectivity index (χ0n) is 27.4. The predicted molar refractivity (Wildman–Crippen MR) is 201 cm³/mol. The Morgan fingerprint density at radius 2 is 1.26 bits per heavy atom. The van der Waals surface area contributed by atoms with Crippen molar-refractivity contribution < 1.29 is 28.6 Å². The first-order chi connectivity index (χ1) is 24.3. The van der Waals surface area contributed by atoms with Crippen molar-refractivity contribution >= 4 is 62.9 Å². The fourth-order valence-corrected chi connectivity index (χ4v) is 6.18. The molecule has 254 valence electrons. The lowest BCUT2D eigenvalue weighted by molar-refractivity contribution is -0.116. The molecule has 9 nitrogen and oxygen atoms in total. The molecule has 0 spiro atoms. The van der Waals surface area contributed by atoms with Gasteiger partial charge in [-0.15, -0.1) is 11.8 Å². The maximum Gasteiger partial charge on any atom is 0.272 e. The molecular formula is C39H34BrN3O6S. The van der Waals surface area contributed by atoms with E-state index in [0.717, 1.165) is 14.9 Å². The summed E-state index contributed by atoms with van der Waals surface area (Å²) in [5.41, 5.74) is 2.92. The molecule has 0 heterocycles. The van der Waals surface area contributed by atoms with Gasteiger partial charge in [0, 0.05) is 26.3 Å². The van der Waals surface area contributed by atoms with Crippen LogP contribution in [-0.2, 0) is 9.59 Å². The average molecular weight is 753 g/mol. The quantitative estimate of drug-likeness (QED) is 0.0819. The summed E-state index contributed by atoms with van der Waals surface area (Å²) in [5.74, 6) is -0.0142. The van der Waals surface area contributed by atoms with E-state index >= 15 is 0 Å². The van der Waals surface area contributed by atoms with Crippen molar-refractivity contribution in [3.8, 4) is 17.2 Å². The Bertz CT molecular complexity index is 1950. The number of rotatable bonds is 13. The van der Waals surface area contributed by atoms with Gasteiger partial charge in [0.1, 0.15) is 10.9 Å². The SMILES string of the molecule is COc1cc(/C=C(\NC(=O)c2ccccc2)C(=O)Nc2ccc(SC(C(=O)Nc3ccc(Br)cc3)c3ccccc3)cc2)cc(OC)c1OC. The van der Waals surface area contributed by atoms with Gasteiger partial charge in [0.15, 0.2) is 11.5 Å². The zero-order valence-corrected chi connectivity index (χ0v) is 29.8. The maximum absolute atomic E-state index is 13.7. The van der Waals surface area contributed by atoms with E-state index in [-0.39, 0.29) is 11.6 Å². The lowest BCUT2D eigenvalue weighted by Crippen LogP contribution is -2.30. The number of thioether (sulfide) groups is 1. The molecule has 0 saturated carbocycles. The molecule has 0 bridgehead atoms. The van der Waals surface area contributed by atoms with Crippen LogP contribution in [0.25, 0.3) is 6.08 Å². The molecule has 0 aliphatic heterocycles. The van der Waals surface area contributed by atoms with Crippen LogP contribution in [0.15, 0.2) is 136 Å². The van der Waals surface area contributed by atoms with Crippen LogP contribution in [0.4, 0.5) is 11.4 Å². The first-order valence-electron chi connectivity index (χ1n) is 15.4. The maximum atomic E-state index is 13.7. The summed E-state index contributed by atoms with van der Waals surface area (Å²) >= 11 is 4.81. The van der Waals surface area contributed by atoms with Crippen molar-refractivity contribution in [3.63, 3.8) is 0 Å². The van der Waals surface area contributed by atoms with Crippen LogP contribution in [-0.4, -0.2) is 39.1 Å². The number of amides is 3. The van der Waals surface area contributed by atoms with Gasteiger partial charge in [-0.2, -0.15) is 0 Å². The summed E-state index contributed by atoms with van der Waals surface area (Å²) in [6.07, 6.45) is 1.53. The number of hydrogen-bond donors (Lipinski definition) is 3. The van der Waals surface area contributed by atoms with Gasteiger partial charge < -0.3 is 30.2 Å². The lowest BCUT2D eigenvalue weighted by atomic mass is 10.1. The van der Waals surface area contributed by atoms with Crippen molar-refractivity contribution in [2.75, 3.05) is 32.0 Å². The minimum absolute atomic E-state index is 0.0136. The van der Waals surface area contributed by atoms with Crippen molar-refractivity contribution in [1.29, 1.82) is 0 Å². The molecule has 0 aromatic heterocycles.